The van der Waals surface area contributed by atoms with Crippen LogP contribution >= 0.6 is 11.8 Å². The number of nitrogens with two attached hydrogens (primary N) is 1. The third kappa shape index (κ3) is 2.05. The van der Waals surface area contributed by atoms with Crippen LogP contribution in [0.4, 0.5) is 5.69 Å². The summed E-state index contributed by atoms with van der Waals surface area (Å²) in [7, 11) is 0. The van der Waals surface area contributed by atoms with Crippen molar-refractivity contribution in [2.75, 3.05) is 5.73 Å². The summed E-state index contributed by atoms with van der Waals surface area (Å²) in [5.74, 6) is 0. The molecule has 3 heteroatoms. The van der Waals surface area contributed by atoms with Crippen molar-refractivity contribution in [3.05, 3.63) is 60.9 Å². The summed E-state index contributed by atoms with van der Waals surface area (Å²) in [5, 5.41) is 2.16. The Morgan fingerprint density at radius 1 is 0.889 bits per heavy atom. The van der Waals surface area contributed by atoms with E-state index >= 15 is 0 Å². The maximum atomic E-state index is 5.98. The standard InChI is InChI=1S/C15H12N2S/c16-14-6-7-15(13-10-17-9-8-12(13)14)18-11-4-2-1-3-5-11/h1-10H,16H2. The van der Waals surface area contributed by atoms with Crippen LogP contribution in [0.1, 0.15) is 0 Å². The molecular weight excluding hydrogens is 240 g/mol. The Hall–Kier alpha value is -2.00. The van der Waals surface area contributed by atoms with Crippen molar-refractivity contribution < 1.29 is 0 Å². The molecule has 2 nitrogen and oxygen atoms in total. The molecule has 0 bridgehead atoms. The summed E-state index contributed by atoms with van der Waals surface area (Å²) in [6.07, 6.45) is 3.65. The summed E-state index contributed by atoms with van der Waals surface area (Å²) >= 11 is 1.73. The molecule has 1 heterocycles. The molecule has 0 spiro atoms. The molecule has 3 aromatic rings. The van der Waals surface area contributed by atoms with Gasteiger partial charge >= 0.3 is 0 Å². The number of aromatic nitrogens is 1. The number of benzene rings is 2. The van der Waals surface area contributed by atoms with Crippen molar-refractivity contribution in [3.63, 3.8) is 0 Å². The highest BCUT2D eigenvalue weighted by atomic mass is 32.2. The predicted molar refractivity (Wildman–Crippen MR) is 76.7 cm³/mol. The van der Waals surface area contributed by atoms with Gasteiger partial charge in [-0.15, -0.1) is 0 Å². The van der Waals surface area contributed by atoms with E-state index in [4.69, 9.17) is 5.73 Å². The van der Waals surface area contributed by atoms with Gasteiger partial charge in [0, 0.05) is 38.6 Å². The van der Waals surface area contributed by atoms with Gasteiger partial charge in [-0.2, -0.15) is 0 Å². The highest BCUT2D eigenvalue weighted by Crippen LogP contribution is 2.35. The molecule has 0 aliphatic rings. The summed E-state index contributed by atoms with van der Waals surface area (Å²) in [4.78, 5) is 6.58. The molecule has 0 saturated carbocycles. The average molecular weight is 252 g/mol. The lowest BCUT2D eigenvalue weighted by Gasteiger charge is -2.07. The fourth-order valence-electron chi connectivity index (χ4n) is 1.89. The van der Waals surface area contributed by atoms with E-state index in [1.54, 1.807) is 18.0 Å². The average Bonchev–Trinajstić information content (AvgIpc) is 2.44. The third-order valence-electron chi connectivity index (χ3n) is 2.78. The van der Waals surface area contributed by atoms with E-state index in [-0.39, 0.29) is 0 Å². The Labute approximate surface area is 110 Å². The first-order valence-corrected chi connectivity index (χ1v) is 6.51. The Morgan fingerprint density at radius 3 is 2.56 bits per heavy atom. The zero-order valence-electron chi connectivity index (χ0n) is 9.71. The van der Waals surface area contributed by atoms with E-state index < -0.39 is 0 Å². The summed E-state index contributed by atoms with van der Waals surface area (Å²) < 4.78 is 0. The molecule has 88 valence electrons. The molecule has 0 atom stereocenters. The van der Waals surface area contributed by atoms with Gasteiger partial charge < -0.3 is 5.73 Å². The Bertz CT molecular complexity index is 680. The normalized spacial score (nSPS) is 10.7. The second-order valence-corrected chi connectivity index (χ2v) is 5.10. The van der Waals surface area contributed by atoms with Crippen LogP contribution in [0.25, 0.3) is 10.8 Å². The third-order valence-corrected chi connectivity index (χ3v) is 3.87. The van der Waals surface area contributed by atoms with Gasteiger partial charge in [0.25, 0.3) is 0 Å². The lowest BCUT2D eigenvalue weighted by atomic mass is 10.1. The molecule has 0 saturated heterocycles. The van der Waals surface area contributed by atoms with E-state index in [0.717, 1.165) is 16.5 Å². The molecule has 18 heavy (non-hydrogen) atoms. The molecule has 0 aliphatic heterocycles. The first-order valence-electron chi connectivity index (χ1n) is 5.70. The number of fused-ring (bicyclic) bond motifs is 1. The molecule has 3 rings (SSSR count). The number of anilines is 1. The maximum Gasteiger partial charge on any atom is 0.0395 e. The molecule has 0 radical (unpaired) electrons. The molecule has 0 unspecified atom stereocenters. The van der Waals surface area contributed by atoms with Crippen molar-refractivity contribution in [2.24, 2.45) is 0 Å². The van der Waals surface area contributed by atoms with Crippen LogP contribution in [0.3, 0.4) is 0 Å². The zero-order chi connectivity index (χ0) is 12.4. The lowest BCUT2D eigenvalue weighted by molar-refractivity contribution is 1.34. The first kappa shape index (κ1) is 11.1. The smallest absolute Gasteiger partial charge is 0.0395 e. The SMILES string of the molecule is Nc1ccc(Sc2ccccc2)c2cnccc12. The topological polar surface area (TPSA) is 38.9 Å². The minimum absolute atomic E-state index is 0.796. The summed E-state index contributed by atoms with van der Waals surface area (Å²) in [6, 6.07) is 16.3. The fraction of sp³-hybridized carbons (Fsp3) is 0. The van der Waals surface area contributed by atoms with E-state index in [2.05, 4.69) is 23.2 Å². The monoisotopic (exact) mass is 252 g/mol. The quantitative estimate of drug-likeness (QED) is 0.701. The molecule has 2 aromatic carbocycles. The van der Waals surface area contributed by atoms with Gasteiger partial charge in [-0.25, -0.2) is 0 Å². The van der Waals surface area contributed by atoms with E-state index in [9.17, 15) is 0 Å². The fourth-order valence-corrected chi connectivity index (χ4v) is 2.85. The minimum Gasteiger partial charge on any atom is -0.398 e. The van der Waals surface area contributed by atoms with Crippen LogP contribution in [0.5, 0.6) is 0 Å². The van der Waals surface area contributed by atoms with Crippen LogP contribution in [-0.4, -0.2) is 4.98 Å². The van der Waals surface area contributed by atoms with Crippen LogP contribution in [0.2, 0.25) is 0 Å². The summed E-state index contributed by atoms with van der Waals surface area (Å²) in [5.41, 5.74) is 6.78. The van der Waals surface area contributed by atoms with Crippen molar-refractivity contribution in [1.29, 1.82) is 0 Å². The van der Waals surface area contributed by atoms with Crippen LogP contribution in [0.15, 0.2) is 70.7 Å². The first-order chi connectivity index (χ1) is 8.84. The number of nitrogens with zero attached hydrogens (tertiary/aromatic N) is 1. The molecular formula is C15H12N2S. The minimum atomic E-state index is 0.796. The molecule has 0 amide bonds. The van der Waals surface area contributed by atoms with Gasteiger partial charge in [0.1, 0.15) is 0 Å². The van der Waals surface area contributed by atoms with Crippen LogP contribution in [0, 0.1) is 0 Å². The van der Waals surface area contributed by atoms with Crippen molar-refractivity contribution in [1.82, 2.24) is 4.98 Å². The lowest BCUT2D eigenvalue weighted by Crippen LogP contribution is -1.88. The van der Waals surface area contributed by atoms with Crippen molar-refractivity contribution in [3.8, 4) is 0 Å². The number of nitrogen functional groups attached to an aromatic ring is 1. The van der Waals surface area contributed by atoms with Crippen molar-refractivity contribution >= 4 is 28.2 Å². The van der Waals surface area contributed by atoms with Crippen LogP contribution < -0.4 is 5.73 Å². The van der Waals surface area contributed by atoms with Gasteiger partial charge in [-0.3, -0.25) is 4.98 Å². The Kier molecular flexibility index (Phi) is 2.90. The van der Waals surface area contributed by atoms with Gasteiger partial charge in [-0.05, 0) is 30.3 Å². The highest BCUT2D eigenvalue weighted by molar-refractivity contribution is 7.99. The number of pyridine rings is 1. The molecule has 0 fully saturated rings. The van der Waals surface area contributed by atoms with Crippen LogP contribution in [-0.2, 0) is 0 Å². The number of hydrogen-bond acceptors (Lipinski definition) is 3. The van der Waals surface area contributed by atoms with E-state index in [0.29, 0.717) is 0 Å². The van der Waals surface area contributed by atoms with E-state index in [1.165, 1.54) is 9.79 Å². The zero-order valence-corrected chi connectivity index (χ0v) is 10.5. The summed E-state index contributed by atoms with van der Waals surface area (Å²) in [6.45, 7) is 0. The Balaban J connectivity index is 2.10. The number of hydrogen-bond donors (Lipinski definition) is 1. The predicted octanol–water partition coefficient (Wildman–Crippen LogP) is 3.97. The molecule has 0 aliphatic carbocycles. The van der Waals surface area contributed by atoms with Crippen molar-refractivity contribution in [2.45, 2.75) is 9.79 Å². The van der Waals surface area contributed by atoms with Gasteiger partial charge in [0.2, 0.25) is 0 Å². The van der Waals surface area contributed by atoms with Gasteiger partial charge in [0.05, 0.1) is 0 Å². The van der Waals surface area contributed by atoms with Gasteiger partial charge in [0.15, 0.2) is 0 Å². The molecule has 1 aromatic heterocycles. The van der Waals surface area contributed by atoms with E-state index in [1.807, 2.05) is 36.5 Å². The second kappa shape index (κ2) is 4.70. The Morgan fingerprint density at radius 2 is 1.72 bits per heavy atom. The van der Waals surface area contributed by atoms with Gasteiger partial charge in [-0.1, -0.05) is 30.0 Å². The number of rotatable bonds is 2. The largest absolute Gasteiger partial charge is 0.398 e. The second-order valence-electron chi connectivity index (χ2n) is 3.99. The highest BCUT2D eigenvalue weighted by Gasteiger charge is 2.05. The molecule has 2 N–H and O–H groups in total. The maximum absolute atomic E-state index is 5.98.